The maximum Gasteiger partial charge on any atom is 0.325 e. The second kappa shape index (κ2) is 8.39. The van der Waals surface area contributed by atoms with Gasteiger partial charge in [-0.25, -0.2) is 14.8 Å². The van der Waals surface area contributed by atoms with Crippen molar-refractivity contribution in [2.24, 2.45) is 4.99 Å². The molecule has 3 amide bonds. The maximum absolute atomic E-state index is 12.7. The fourth-order valence-corrected chi connectivity index (χ4v) is 4.05. The number of nitrogen functional groups attached to an aromatic ring is 2. The minimum absolute atomic E-state index is 0.0118. The molecule has 1 atom stereocenters. The van der Waals surface area contributed by atoms with Crippen molar-refractivity contribution in [1.82, 2.24) is 20.5 Å². The quantitative estimate of drug-likeness (QED) is 0.240. The first-order chi connectivity index (χ1) is 16.6. The predicted octanol–water partition coefficient (Wildman–Crippen LogP) is 0.898. The first-order valence-electron chi connectivity index (χ1n) is 10.4. The lowest BCUT2D eigenvalue weighted by atomic mass is 9.93. The lowest BCUT2D eigenvalue weighted by Gasteiger charge is -2.27. The van der Waals surface area contributed by atoms with E-state index in [1.165, 1.54) is 7.11 Å². The monoisotopic (exact) mass is 474 g/mol. The number of aliphatic imine (C=N–C) groups is 1. The van der Waals surface area contributed by atoms with Crippen molar-refractivity contribution < 1.29 is 14.3 Å². The van der Waals surface area contributed by atoms with Gasteiger partial charge in [0.05, 0.1) is 19.3 Å². The number of hydrogen-bond acceptors (Lipinski definition) is 11. The number of anilines is 3. The summed E-state index contributed by atoms with van der Waals surface area (Å²) in [6, 6.07) is 5.78. The number of rotatable bonds is 4. The average Bonchev–Trinajstić information content (AvgIpc) is 3.00. The number of hydrogen-bond donors (Lipinski definition) is 5. The van der Waals surface area contributed by atoms with Crippen LogP contribution in [0, 0.1) is 22.8 Å². The van der Waals surface area contributed by atoms with E-state index in [9.17, 15) is 14.9 Å². The number of benzene rings is 1. The number of carbonyl (C=O) groups is 2. The van der Waals surface area contributed by atoms with Gasteiger partial charge in [0.25, 0.3) is 5.91 Å². The van der Waals surface area contributed by atoms with Gasteiger partial charge in [-0.2, -0.15) is 10.5 Å². The van der Waals surface area contributed by atoms with E-state index in [1.54, 1.807) is 38.2 Å². The van der Waals surface area contributed by atoms with Gasteiger partial charge in [-0.3, -0.25) is 15.0 Å². The summed E-state index contributed by atoms with van der Waals surface area (Å²) in [7, 11) is 1.48. The second-order valence-electron chi connectivity index (χ2n) is 8.42. The molecule has 13 nitrogen and oxygen atoms in total. The van der Waals surface area contributed by atoms with Gasteiger partial charge in [0, 0.05) is 11.1 Å². The highest BCUT2D eigenvalue weighted by atomic mass is 16.5. The molecule has 7 N–H and O–H groups in total. The molecule has 0 radical (unpaired) electrons. The van der Waals surface area contributed by atoms with Crippen molar-refractivity contribution in [3.63, 3.8) is 0 Å². The molecule has 0 saturated carbocycles. The summed E-state index contributed by atoms with van der Waals surface area (Å²) < 4.78 is 5.46. The first kappa shape index (κ1) is 23.1. The van der Waals surface area contributed by atoms with E-state index in [2.05, 4.69) is 25.9 Å². The number of aromatic nitrogens is 1. The summed E-state index contributed by atoms with van der Waals surface area (Å²) in [5.74, 6) is 0.362. The van der Waals surface area contributed by atoms with E-state index in [-0.39, 0.29) is 41.3 Å². The highest BCUT2D eigenvalue weighted by molar-refractivity contribution is 6.06. The molecule has 35 heavy (non-hydrogen) atoms. The topological polar surface area (TPSA) is 208 Å². The Labute approximate surface area is 200 Å². The number of urea groups is 1. The zero-order chi connectivity index (χ0) is 25.5. The third-order valence-corrected chi connectivity index (χ3v) is 5.75. The van der Waals surface area contributed by atoms with Gasteiger partial charge >= 0.3 is 6.03 Å². The van der Waals surface area contributed by atoms with Crippen molar-refractivity contribution in [2.75, 3.05) is 23.9 Å². The number of imide groups is 1. The molecular weight excluding hydrogens is 452 g/mol. The number of nitrogens with one attached hydrogen (secondary N) is 3. The van der Waals surface area contributed by atoms with Crippen LogP contribution in [0.15, 0.2) is 23.2 Å². The Morgan fingerprint density at radius 3 is 2.63 bits per heavy atom. The Bertz CT molecular complexity index is 1370. The number of fused-ring (bicyclic) bond motifs is 1. The van der Waals surface area contributed by atoms with Crippen molar-refractivity contribution in [2.45, 2.75) is 32.0 Å². The summed E-state index contributed by atoms with van der Waals surface area (Å²) >= 11 is 0. The molecule has 1 saturated heterocycles. The number of amides is 3. The Morgan fingerprint density at radius 1 is 1.29 bits per heavy atom. The molecule has 2 aliphatic heterocycles. The van der Waals surface area contributed by atoms with Crippen LogP contribution in [0.25, 0.3) is 0 Å². The van der Waals surface area contributed by atoms with Gasteiger partial charge in [-0.15, -0.1) is 0 Å². The van der Waals surface area contributed by atoms with Crippen LogP contribution in [0.2, 0.25) is 0 Å². The molecule has 0 spiro atoms. The summed E-state index contributed by atoms with van der Waals surface area (Å²) in [6.45, 7) is 3.20. The SMILES string of the molecule is COc1ccc(C2N=C(NC#N)Nc3nc(N)c(C#N)c(N)c32)cc1CN1C(=O)NC(C)(C)C1=O. The number of nitriles is 2. The van der Waals surface area contributed by atoms with Crippen LogP contribution in [0.1, 0.15) is 42.1 Å². The number of methoxy groups -OCH3 is 1. The molecule has 1 aromatic heterocycles. The number of nitrogens with zero attached hydrogens (tertiary/aromatic N) is 5. The van der Waals surface area contributed by atoms with E-state index >= 15 is 0 Å². The van der Waals surface area contributed by atoms with Gasteiger partial charge in [0.1, 0.15) is 40.6 Å². The molecule has 0 bridgehead atoms. The molecule has 178 valence electrons. The summed E-state index contributed by atoms with van der Waals surface area (Å²) in [5, 5.41) is 26.5. The third kappa shape index (κ3) is 3.85. The summed E-state index contributed by atoms with van der Waals surface area (Å²) in [4.78, 5) is 35.0. The van der Waals surface area contributed by atoms with E-state index in [0.29, 0.717) is 22.4 Å². The lowest BCUT2D eigenvalue weighted by Crippen LogP contribution is -2.40. The van der Waals surface area contributed by atoms with Crippen LogP contribution in [-0.4, -0.2) is 40.4 Å². The predicted molar refractivity (Wildman–Crippen MR) is 126 cm³/mol. The number of guanidine groups is 1. The van der Waals surface area contributed by atoms with Gasteiger partial charge in [0.2, 0.25) is 5.96 Å². The number of carbonyl (C=O) groups excluding carboxylic acids is 2. The molecule has 1 fully saturated rings. The van der Waals surface area contributed by atoms with Gasteiger partial charge in [0.15, 0.2) is 6.19 Å². The van der Waals surface area contributed by atoms with E-state index in [1.807, 2.05) is 6.07 Å². The van der Waals surface area contributed by atoms with Crippen LogP contribution < -0.4 is 32.2 Å². The fraction of sp³-hybridized carbons (Fsp3) is 0.273. The van der Waals surface area contributed by atoms with Gasteiger partial charge in [-0.05, 0) is 31.5 Å². The van der Waals surface area contributed by atoms with Crippen LogP contribution in [0.4, 0.5) is 22.1 Å². The molecule has 13 heteroatoms. The molecule has 2 aromatic rings. The van der Waals surface area contributed by atoms with E-state index in [4.69, 9.17) is 21.5 Å². The van der Waals surface area contributed by atoms with Crippen LogP contribution in [0.5, 0.6) is 5.75 Å². The molecular formula is C22H22N10O3. The van der Waals surface area contributed by atoms with Gasteiger partial charge in [-0.1, -0.05) is 6.07 Å². The summed E-state index contributed by atoms with van der Waals surface area (Å²) in [6.07, 6.45) is 1.79. The Balaban J connectivity index is 1.83. The second-order valence-corrected chi connectivity index (χ2v) is 8.42. The van der Waals surface area contributed by atoms with Crippen molar-refractivity contribution >= 4 is 35.2 Å². The van der Waals surface area contributed by atoms with Crippen molar-refractivity contribution in [1.29, 1.82) is 10.5 Å². The normalized spacial score (nSPS) is 17.9. The number of ether oxygens (including phenoxy) is 1. The van der Waals surface area contributed by atoms with Crippen molar-refractivity contribution in [3.8, 4) is 18.0 Å². The standard InChI is InChI=1S/C22H22N10O3/c1-22(2)19(33)32(21(34)31-22)8-11-6-10(4-5-13(11)35-3)16-14-15(25)12(7-23)17(26)29-18(14)30-20(28-16)27-9-24/h4-6,16H,8H2,1-3H3,(H,31,34)(H6,25,26,27,28,29,30). The van der Waals surface area contributed by atoms with E-state index < -0.39 is 17.6 Å². The molecule has 2 aliphatic rings. The molecule has 4 rings (SSSR count). The third-order valence-electron chi connectivity index (χ3n) is 5.75. The minimum atomic E-state index is -1.02. The highest BCUT2D eigenvalue weighted by Crippen LogP contribution is 2.41. The van der Waals surface area contributed by atoms with Gasteiger partial charge < -0.3 is 26.8 Å². The fourth-order valence-electron chi connectivity index (χ4n) is 4.05. The van der Waals surface area contributed by atoms with Crippen molar-refractivity contribution in [3.05, 3.63) is 40.5 Å². The zero-order valence-electron chi connectivity index (χ0n) is 19.1. The zero-order valence-corrected chi connectivity index (χ0v) is 19.1. The number of nitrogens with two attached hydrogens (primary N) is 2. The Hall–Kier alpha value is -5.04. The molecule has 3 heterocycles. The molecule has 1 unspecified atom stereocenters. The van der Waals surface area contributed by atoms with Crippen LogP contribution in [0.3, 0.4) is 0 Å². The minimum Gasteiger partial charge on any atom is -0.496 e. The number of pyridine rings is 1. The Kier molecular flexibility index (Phi) is 5.54. The van der Waals surface area contributed by atoms with Crippen LogP contribution in [-0.2, 0) is 11.3 Å². The smallest absolute Gasteiger partial charge is 0.325 e. The molecule has 1 aromatic carbocycles. The lowest BCUT2D eigenvalue weighted by molar-refractivity contribution is -0.130. The summed E-state index contributed by atoms with van der Waals surface area (Å²) in [5.41, 5.74) is 12.8. The van der Waals surface area contributed by atoms with E-state index in [0.717, 1.165) is 4.90 Å². The Morgan fingerprint density at radius 2 is 2.03 bits per heavy atom. The van der Waals surface area contributed by atoms with Crippen LogP contribution >= 0.6 is 0 Å². The highest BCUT2D eigenvalue weighted by Gasteiger charge is 2.44. The maximum atomic E-state index is 12.7. The largest absolute Gasteiger partial charge is 0.496 e. The molecule has 0 aliphatic carbocycles. The average molecular weight is 474 g/mol. The first-order valence-corrected chi connectivity index (χ1v) is 10.4.